The van der Waals surface area contributed by atoms with Gasteiger partial charge >= 0.3 is 0 Å². The van der Waals surface area contributed by atoms with E-state index in [1.54, 1.807) is 12.1 Å². The van der Waals surface area contributed by atoms with Gasteiger partial charge in [-0.25, -0.2) is 0 Å². The van der Waals surface area contributed by atoms with E-state index in [-0.39, 0.29) is 0 Å². The maximum atomic E-state index is 12.2. The van der Waals surface area contributed by atoms with Gasteiger partial charge < -0.3 is 0 Å². The molecule has 0 heterocycles. The Morgan fingerprint density at radius 2 is 1.40 bits per heavy atom. The van der Waals surface area contributed by atoms with E-state index < -0.39 is 0 Å². The summed E-state index contributed by atoms with van der Waals surface area (Å²) in [5.41, 5.74) is 4.13. The molecular formula is C18H12F2. The number of hydrogen-bond donors (Lipinski definition) is 0. The summed E-state index contributed by atoms with van der Waals surface area (Å²) in [6.45, 7) is 2.03. The first kappa shape index (κ1) is 13.8. The zero-order chi connectivity index (χ0) is 14.4. The van der Waals surface area contributed by atoms with Gasteiger partial charge in [-0.2, -0.15) is 0 Å². The summed E-state index contributed by atoms with van der Waals surface area (Å²) in [4.78, 5) is 0. The lowest BCUT2D eigenvalue weighted by Gasteiger charge is -2.05. The van der Waals surface area contributed by atoms with Gasteiger partial charge in [0.2, 0.25) is 0 Å². The molecule has 0 unspecified atom stereocenters. The van der Waals surface area contributed by atoms with E-state index in [1.165, 1.54) is 17.9 Å². The first-order valence-corrected chi connectivity index (χ1v) is 6.14. The zero-order valence-corrected chi connectivity index (χ0v) is 11.0. The summed E-state index contributed by atoms with van der Waals surface area (Å²) in [6.07, 6.45) is 3.37. The maximum absolute atomic E-state index is 12.2. The molecule has 0 N–H and O–H groups in total. The van der Waals surface area contributed by atoms with Crippen molar-refractivity contribution in [2.45, 2.75) is 13.3 Å². The average Bonchev–Trinajstić information content (AvgIpc) is 2.45. The van der Waals surface area contributed by atoms with Crippen molar-refractivity contribution in [3.8, 4) is 24.2 Å². The SMILES string of the molecule is Cc1ccc(Cc2ccc(C#CF)c(C#CF)c2)cc1. The number of hydrogen-bond acceptors (Lipinski definition) is 0. The molecule has 0 radical (unpaired) electrons. The van der Waals surface area contributed by atoms with Gasteiger partial charge in [0.15, 0.2) is 0 Å². The third-order valence-electron chi connectivity index (χ3n) is 2.98. The van der Waals surface area contributed by atoms with Crippen molar-refractivity contribution in [3.05, 3.63) is 70.3 Å². The molecule has 0 saturated carbocycles. The fraction of sp³-hybridized carbons (Fsp3) is 0.111. The molecule has 0 aromatic heterocycles. The molecule has 2 aromatic carbocycles. The van der Waals surface area contributed by atoms with Crippen molar-refractivity contribution >= 4 is 0 Å². The lowest BCUT2D eigenvalue weighted by Crippen LogP contribution is -1.92. The van der Waals surface area contributed by atoms with Crippen LogP contribution in [-0.2, 0) is 6.42 Å². The summed E-state index contributed by atoms with van der Waals surface area (Å²) < 4.78 is 24.3. The van der Waals surface area contributed by atoms with Crippen LogP contribution in [0.3, 0.4) is 0 Å². The van der Waals surface area contributed by atoms with Gasteiger partial charge in [0.1, 0.15) is 12.3 Å². The topological polar surface area (TPSA) is 0 Å². The number of aryl methyl sites for hydroxylation is 1. The number of rotatable bonds is 2. The van der Waals surface area contributed by atoms with E-state index in [4.69, 9.17) is 0 Å². The van der Waals surface area contributed by atoms with Crippen molar-refractivity contribution in [3.63, 3.8) is 0 Å². The molecule has 2 rings (SSSR count). The van der Waals surface area contributed by atoms with E-state index in [2.05, 4.69) is 11.8 Å². The smallest absolute Gasteiger partial charge is 0.111 e. The van der Waals surface area contributed by atoms with Crippen LogP contribution in [0.1, 0.15) is 27.8 Å². The van der Waals surface area contributed by atoms with Gasteiger partial charge in [0, 0.05) is 11.1 Å². The molecule has 0 aliphatic heterocycles. The van der Waals surface area contributed by atoms with Gasteiger partial charge in [-0.1, -0.05) is 35.9 Å². The summed E-state index contributed by atoms with van der Waals surface area (Å²) in [7, 11) is 0. The molecule has 0 aliphatic carbocycles. The molecule has 98 valence electrons. The second kappa shape index (κ2) is 6.55. The Labute approximate surface area is 117 Å². The average molecular weight is 266 g/mol. The predicted octanol–water partition coefficient (Wildman–Crippen LogP) is 4.14. The lowest BCUT2D eigenvalue weighted by atomic mass is 9.99. The second-order valence-corrected chi connectivity index (χ2v) is 4.48. The van der Waals surface area contributed by atoms with Crippen molar-refractivity contribution in [2.75, 3.05) is 0 Å². The van der Waals surface area contributed by atoms with Crippen molar-refractivity contribution in [1.29, 1.82) is 0 Å². The third-order valence-corrected chi connectivity index (χ3v) is 2.98. The minimum absolute atomic E-state index is 0.394. The van der Waals surface area contributed by atoms with Crippen LogP contribution in [0.5, 0.6) is 0 Å². The summed E-state index contributed by atoms with van der Waals surface area (Å²) >= 11 is 0. The molecular weight excluding hydrogens is 254 g/mol. The predicted molar refractivity (Wildman–Crippen MR) is 76.4 cm³/mol. The summed E-state index contributed by atoms with van der Waals surface area (Å²) in [5, 5.41) is 0. The van der Waals surface area contributed by atoms with Crippen LogP contribution in [-0.4, -0.2) is 0 Å². The minimum Gasteiger partial charge on any atom is -0.144 e. The Hall–Kier alpha value is -2.58. The molecule has 0 aliphatic rings. The standard InChI is InChI=1S/C18H12F2/c1-14-2-4-15(5-3-14)12-16-6-7-17(8-10-19)18(13-16)9-11-20/h2-7,13H,12H2,1H3. The first-order valence-electron chi connectivity index (χ1n) is 6.14. The van der Waals surface area contributed by atoms with Gasteiger partial charge in [0.05, 0.1) is 0 Å². The monoisotopic (exact) mass is 266 g/mol. The van der Waals surface area contributed by atoms with Crippen molar-refractivity contribution < 1.29 is 8.78 Å². The van der Waals surface area contributed by atoms with E-state index in [1.807, 2.05) is 37.3 Å². The summed E-state index contributed by atoms with van der Waals surface area (Å²) in [6, 6.07) is 13.4. The third kappa shape index (κ3) is 3.46. The molecule has 0 bridgehead atoms. The molecule has 0 nitrogen and oxygen atoms in total. The molecule has 2 heteroatoms. The van der Waals surface area contributed by atoms with Crippen LogP contribution < -0.4 is 0 Å². The van der Waals surface area contributed by atoms with E-state index in [9.17, 15) is 8.78 Å². The molecule has 0 spiro atoms. The lowest BCUT2D eigenvalue weighted by molar-refractivity contribution is 0.772. The van der Waals surface area contributed by atoms with Crippen molar-refractivity contribution in [2.24, 2.45) is 0 Å². The minimum atomic E-state index is 0.394. The summed E-state index contributed by atoms with van der Waals surface area (Å²) in [5.74, 6) is 4.58. The zero-order valence-electron chi connectivity index (χ0n) is 11.0. The van der Waals surface area contributed by atoms with Crippen LogP contribution in [0.4, 0.5) is 8.78 Å². The van der Waals surface area contributed by atoms with Gasteiger partial charge in [-0.05, 0) is 48.4 Å². The highest BCUT2D eigenvalue weighted by Crippen LogP contribution is 2.15. The highest BCUT2D eigenvalue weighted by Gasteiger charge is 2.02. The molecule has 0 fully saturated rings. The normalized spacial score (nSPS) is 9.15. The molecule has 0 saturated heterocycles. The Balaban J connectivity index is 2.32. The Kier molecular flexibility index (Phi) is 4.53. The van der Waals surface area contributed by atoms with E-state index in [0.29, 0.717) is 17.5 Å². The number of benzene rings is 2. The van der Waals surface area contributed by atoms with E-state index >= 15 is 0 Å². The molecule has 0 amide bonds. The van der Waals surface area contributed by atoms with Crippen LogP contribution in [0.15, 0.2) is 42.5 Å². The van der Waals surface area contributed by atoms with Gasteiger partial charge in [-0.15, -0.1) is 8.78 Å². The molecule has 0 atom stereocenters. The highest BCUT2D eigenvalue weighted by atomic mass is 19.1. The number of halogens is 2. The van der Waals surface area contributed by atoms with Gasteiger partial charge in [0.25, 0.3) is 0 Å². The quantitative estimate of drug-likeness (QED) is 0.716. The highest BCUT2D eigenvalue weighted by molar-refractivity contribution is 5.51. The van der Waals surface area contributed by atoms with Gasteiger partial charge in [-0.3, -0.25) is 0 Å². The first-order chi connectivity index (χ1) is 9.72. The van der Waals surface area contributed by atoms with Crippen LogP contribution >= 0.6 is 0 Å². The fourth-order valence-electron chi connectivity index (χ4n) is 1.96. The molecule has 20 heavy (non-hydrogen) atoms. The Morgan fingerprint density at radius 1 is 0.800 bits per heavy atom. The Bertz CT molecular complexity index is 720. The maximum Gasteiger partial charge on any atom is 0.111 e. The van der Waals surface area contributed by atoms with Crippen LogP contribution in [0.2, 0.25) is 0 Å². The Morgan fingerprint density at radius 3 is 2.05 bits per heavy atom. The van der Waals surface area contributed by atoms with Crippen LogP contribution in [0, 0.1) is 31.1 Å². The van der Waals surface area contributed by atoms with Crippen LogP contribution in [0.25, 0.3) is 0 Å². The van der Waals surface area contributed by atoms with E-state index in [0.717, 1.165) is 11.1 Å². The fourth-order valence-corrected chi connectivity index (χ4v) is 1.96. The second-order valence-electron chi connectivity index (χ2n) is 4.48. The van der Waals surface area contributed by atoms with Crippen molar-refractivity contribution in [1.82, 2.24) is 0 Å². The largest absolute Gasteiger partial charge is 0.144 e. The molecule has 2 aromatic rings.